The molecule has 148 valence electrons. The zero-order chi connectivity index (χ0) is 18.9. The number of sulfone groups is 1. The van der Waals surface area contributed by atoms with Gasteiger partial charge in [0.2, 0.25) is 0 Å². The zero-order valence-corrected chi connectivity index (χ0v) is 16.7. The Labute approximate surface area is 156 Å². The van der Waals surface area contributed by atoms with E-state index in [1.165, 1.54) is 4.90 Å². The number of amides is 3. The van der Waals surface area contributed by atoms with Gasteiger partial charge in [0.25, 0.3) is 5.91 Å². The molecule has 1 saturated carbocycles. The zero-order valence-electron chi connectivity index (χ0n) is 15.9. The predicted octanol–water partition coefficient (Wildman–Crippen LogP) is 1.73. The van der Waals surface area contributed by atoms with E-state index in [2.05, 4.69) is 19.2 Å². The molecule has 7 nitrogen and oxygen atoms in total. The molecule has 0 aromatic rings. The number of carbonyl (C=O) groups excluding carboxylic acids is 2. The van der Waals surface area contributed by atoms with Crippen LogP contribution in [0.4, 0.5) is 4.79 Å². The molecule has 1 spiro atoms. The molecule has 3 fully saturated rings. The summed E-state index contributed by atoms with van der Waals surface area (Å²) in [6.45, 7) is 5.16. The molecule has 0 radical (unpaired) electrons. The van der Waals surface area contributed by atoms with Crippen LogP contribution in [0.2, 0.25) is 0 Å². The molecular formula is C18H31N3O4S. The highest BCUT2D eigenvalue weighted by Crippen LogP contribution is 2.36. The predicted molar refractivity (Wildman–Crippen MR) is 99.3 cm³/mol. The lowest BCUT2D eigenvalue weighted by Gasteiger charge is -2.34. The van der Waals surface area contributed by atoms with Gasteiger partial charge in [0, 0.05) is 12.6 Å². The topological polar surface area (TPSA) is 86.8 Å². The summed E-state index contributed by atoms with van der Waals surface area (Å²) in [6.07, 6.45) is 5.77. The molecule has 26 heavy (non-hydrogen) atoms. The van der Waals surface area contributed by atoms with Gasteiger partial charge < -0.3 is 5.32 Å². The summed E-state index contributed by atoms with van der Waals surface area (Å²) in [4.78, 5) is 28.9. The Morgan fingerprint density at radius 1 is 1.23 bits per heavy atom. The second kappa shape index (κ2) is 7.46. The minimum absolute atomic E-state index is 0.102. The van der Waals surface area contributed by atoms with Crippen LogP contribution in [0.25, 0.3) is 0 Å². The molecule has 3 aliphatic rings. The lowest BCUT2D eigenvalue weighted by atomic mass is 9.77. The van der Waals surface area contributed by atoms with Gasteiger partial charge >= 0.3 is 6.03 Å². The average molecular weight is 386 g/mol. The summed E-state index contributed by atoms with van der Waals surface area (Å²) in [5.74, 6) is 0.784. The van der Waals surface area contributed by atoms with Crippen molar-refractivity contribution in [2.24, 2.45) is 5.92 Å². The van der Waals surface area contributed by atoms with Gasteiger partial charge in [0.1, 0.15) is 5.54 Å². The van der Waals surface area contributed by atoms with Crippen LogP contribution >= 0.6 is 0 Å². The molecular weight excluding hydrogens is 354 g/mol. The molecule has 0 bridgehead atoms. The number of nitrogens with zero attached hydrogens (tertiary/aromatic N) is 2. The van der Waals surface area contributed by atoms with Crippen LogP contribution in [-0.2, 0) is 14.6 Å². The van der Waals surface area contributed by atoms with E-state index >= 15 is 0 Å². The molecule has 1 aliphatic carbocycles. The fourth-order valence-corrected chi connectivity index (χ4v) is 6.14. The van der Waals surface area contributed by atoms with E-state index in [9.17, 15) is 18.0 Å². The number of nitrogens with one attached hydrogen (secondary N) is 1. The Hall–Kier alpha value is -1.15. The highest BCUT2D eigenvalue weighted by molar-refractivity contribution is 7.91. The van der Waals surface area contributed by atoms with Gasteiger partial charge in [-0.15, -0.1) is 0 Å². The average Bonchev–Trinajstić information content (AvgIpc) is 3.06. The molecule has 0 aromatic carbocycles. The summed E-state index contributed by atoms with van der Waals surface area (Å²) < 4.78 is 23.7. The van der Waals surface area contributed by atoms with Crippen molar-refractivity contribution in [2.45, 2.75) is 70.4 Å². The van der Waals surface area contributed by atoms with Crippen molar-refractivity contribution >= 4 is 21.8 Å². The molecule has 0 unspecified atom stereocenters. The number of hydrogen-bond acceptors (Lipinski definition) is 5. The Balaban J connectivity index is 1.72. The van der Waals surface area contributed by atoms with E-state index in [1.54, 1.807) is 0 Å². The largest absolute Gasteiger partial charge is 0.326 e. The Morgan fingerprint density at radius 3 is 2.50 bits per heavy atom. The monoisotopic (exact) mass is 385 g/mol. The van der Waals surface area contributed by atoms with Gasteiger partial charge in [0.05, 0.1) is 18.2 Å². The maximum Gasteiger partial charge on any atom is 0.326 e. The van der Waals surface area contributed by atoms with Crippen molar-refractivity contribution in [1.82, 2.24) is 15.1 Å². The van der Waals surface area contributed by atoms with Crippen LogP contribution in [-0.4, -0.2) is 66.5 Å². The van der Waals surface area contributed by atoms with Crippen molar-refractivity contribution < 1.29 is 18.0 Å². The van der Waals surface area contributed by atoms with Crippen molar-refractivity contribution in [1.29, 1.82) is 0 Å². The van der Waals surface area contributed by atoms with Crippen molar-refractivity contribution in [3.63, 3.8) is 0 Å². The smallest absolute Gasteiger partial charge is 0.323 e. The fourth-order valence-electron chi connectivity index (χ4n) is 4.37. The number of carbonyl (C=O) groups is 2. The van der Waals surface area contributed by atoms with Crippen LogP contribution in [0.15, 0.2) is 0 Å². The molecule has 0 aromatic heterocycles. The minimum atomic E-state index is -3.00. The quantitative estimate of drug-likeness (QED) is 0.704. The number of rotatable bonds is 6. The molecule has 1 N–H and O–H groups in total. The Bertz CT molecular complexity index is 655. The number of unbranched alkanes of at least 4 members (excludes halogenated alkanes) is 1. The highest BCUT2D eigenvalue weighted by Gasteiger charge is 2.52. The Kier molecular flexibility index (Phi) is 5.63. The lowest BCUT2D eigenvalue weighted by Crippen LogP contribution is -2.51. The van der Waals surface area contributed by atoms with Crippen LogP contribution in [0, 0.1) is 5.92 Å². The number of imide groups is 1. The normalized spacial score (nSPS) is 34.0. The van der Waals surface area contributed by atoms with Gasteiger partial charge in [0.15, 0.2) is 9.84 Å². The second-order valence-electron chi connectivity index (χ2n) is 8.29. The van der Waals surface area contributed by atoms with Gasteiger partial charge in [-0.1, -0.05) is 20.3 Å². The van der Waals surface area contributed by atoms with E-state index in [0.29, 0.717) is 31.7 Å². The van der Waals surface area contributed by atoms with Gasteiger partial charge in [-0.2, -0.15) is 0 Å². The molecule has 3 amide bonds. The first-order valence-corrected chi connectivity index (χ1v) is 11.7. The summed E-state index contributed by atoms with van der Waals surface area (Å²) >= 11 is 0. The minimum Gasteiger partial charge on any atom is -0.323 e. The van der Waals surface area contributed by atoms with Crippen LogP contribution in [0.1, 0.15) is 58.8 Å². The SMILES string of the molecule is CCCCN(CN1C(=O)NC2(CCC(C)CC2)C1=O)[C@H]1CCS(=O)(=O)C1. The van der Waals surface area contributed by atoms with E-state index in [4.69, 9.17) is 0 Å². The molecule has 1 atom stereocenters. The standard InChI is InChI=1S/C18H31N3O4S/c1-3-4-10-20(15-7-11-26(24,25)12-15)13-21-16(22)18(19-17(21)23)8-5-14(2)6-9-18/h14-15H,3-13H2,1-2H3,(H,19,23)/t14?,15-,18?/m0/s1. The summed E-state index contributed by atoms with van der Waals surface area (Å²) in [6, 6.07) is -0.429. The van der Waals surface area contributed by atoms with Gasteiger partial charge in [-0.05, 0) is 44.4 Å². The first-order valence-electron chi connectivity index (χ1n) is 9.85. The second-order valence-corrected chi connectivity index (χ2v) is 10.5. The third-order valence-electron chi connectivity index (χ3n) is 6.22. The third-order valence-corrected chi connectivity index (χ3v) is 7.97. The van der Waals surface area contributed by atoms with Crippen molar-refractivity contribution in [3.8, 4) is 0 Å². The maximum absolute atomic E-state index is 13.0. The van der Waals surface area contributed by atoms with E-state index in [-0.39, 0.29) is 36.2 Å². The number of urea groups is 1. The highest BCUT2D eigenvalue weighted by atomic mass is 32.2. The summed E-state index contributed by atoms with van der Waals surface area (Å²) in [5, 5.41) is 2.95. The van der Waals surface area contributed by atoms with Crippen molar-refractivity contribution in [3.05, 3.63) is 0 Å². The van der Waals surface area contributed by atoms with E-state index < -0.39 is 15.4 Å². The van der Waals surface area contributed by atoms with Gasteiger partial charge in [-0.25, -0.2) is 18.1 Å². The van der Waals surface area contributed by atoms with E-state index in [1.807, 2.05) is 4.90 Å². The summed E-state index contributed by atoms with van der Waals surface area (Å²) in [5.41, 5.74) is -0.734. The first kappa shape index (κ1) is 19.6. The lowest BCUT2D eigenvalue weighted by molar-refractivity contribution is -0.134. The number of hydrogen-bond donors (Lipinski definition) is 1. The van der Waals surface area contributed by atoms with Crippen LogP contribution in [0.3, 0.4) is 0 Å². The summed E-state index contributed by atoms with van der Waals surface area (Å²) in [7, 11) is -3.00. The molecule has 2 aliphatic heterocycles. The molecule has 2 heterocycles. The third kappa shape index (κ3) is 3.91. The van der Waals surface area contributed by atoms with Crippen LogP contribution < -0.4 is 5.32 Å². The molecule has 3 rings (SSSR count). The van der Waals surface area contributed by atoms with Crippen LogP contribution in [0.5, 0.6) is 0 Å². The Morgan fingerprint density at radius 2 is 1.92 bits per heavy atom. The fraction of sp³-hybridized carbons (Fsp3) is 0.889. The maximum atomic E-state index is 13.0. The van der Waals surface area contributed by atoms with E-state index in [0.717, 1.165) is 25.7 Å². The van der Waals surface area contributed by atoms with Gasteiger partial charge in [-0.3, -0.25) is 9.69 Å². The van der Waals surface area contributed by atoms with Crippen molar-refractivity contribution in [2.75, 3.05) is 24.7 Å². The molecule has 2 saturated heterocycles. The first-order chi connectivity index (χ1) is 12.3. The molecule has 8 heteroatoms.